The number of thiocarbonyl (C=S) groups is 1. The number of rotatable bonds is 5. The van der Waals surface area contributed by atoms with Crippen LogP contribution in [0.1, 0.15) is 22.2 Å². The average Bonchev–Trinajstić information content (AvgIpc) is 2.84. The van der Waals surface area contributed by atoms with Gasteiger partial charge in [-0.25, -0.2) is 0 Å². The van der Waals surface area contributed by atoms with Crippen LogP contribution in [0.25, 0.3) is 0 Å². The number of thiophene rings is 1. The van der Waals surface area contributed by atoms with Crippen molar-refractivity contribution < 1.29 is 4.74 Å². The molecule has 0 unspecified atom stereocenters. The summed E-state index contributed by atoms with van der Waals surface area (Å²) >= 11 is 6.73. The molecule has 18 heavy (non-hydrogen) atoms. The van der Waals surface area contributed by atoms with Gasteiger partial charge in [-0.2, -0.15) is 0 Å². The number of benzene rings is 1. The van der Waals surface area contributed by atoms with E-state index in [1.54, 1.807) is 11.3 Å². The van der Waals surface area contributed by atoms with Crippen LogP contribution in [0.5, 0.6) is 5.75 Å². The molecule has 1 aromatic carbocycles. The molecule has 0 fully saturated rings. The molecule has 2 rings (SSSR count). The number of aryl methyl sites for hydroxylation is 1. The van der Waals surface area contributed by atoms with Crippen LogP contribution in [-0.4, -0.2) is 4.99 Å². The maximum absolute atomic E-state index is 5.74. The van der Waals surface area contributed by atoms with E-state index in [4.69, 9.17) is 22.7 Å². The van der Waals surface area contributed by atoms with Gasteiger partial charge in [0.25, 0.3) is 0 Å². The van der Waals surface area contributed by atoms with Crippen LogP contribution >= 0.6 is 23.6 Å². The summed E-state index contributed by atoms with van der Waals surface area (Å²) in [6, 6.07) is 11.8. The second-order valence-corrected chi connectivity index (χ2v) is 5.60. The van der Waals surface area contributed by atoms with E-state index in [0.29, 0.717) is 11.6 Å². The van der Waals surface area contributed by atoms with Gasteiger partial charge in [0.15, 0.2) is 0 Å². The van der Waals surface area contributed by atoms with Gasteiger partial charge in [0.05, 0.1) is 0 Å². The molecule has 94 valence electrons. The van der Waals surface area contributed by atoms with Crippen molar-refractivity contribution in [1.82, 2.24) is 0 Å². The van der Waals surface area contributed by atoms with E-state index >= 15 is 0 Å². The van der Waals surface area contributed by atoms with Crippen molar-refractivity contribution in [3.05, 3.63) is 51.7 Å². The molecule has 0 bridgehead atoms. The minimum absolute atomic E-state index is 0.393. The lowest BCUT2D eigenvalue weighted by Crippen LogP contribution is -2.09. The summed E-state index contributed by atoms with van der Waals surface area (Å²) in [5.74, 6) is 0.798. The van der Waals surface area contributed by atoms with E-state index in [-0.39, 0.29) is 0 Å². The van der Waals surface area contributed by atoms with Crippen molar-refractivity contribution in [2.45, 2.75) is 20.0 Å². The molecule has 0 saturated carbocycles. The Balaban J connectivity index is 2.01. The van der Waals surface area contributed by atoms with E-state index < -0.39 is 0 Å². The maximum Gasteiger partial charge on any atom is 0.122 e. The monoisotopic (exact) mass is 277 g/mol. The van der Waals surface area contributed by atoms with Crippen LogP contribution in [0.15, 0.2) is 36.4 Å². The van der Waals surface area contributed by atoms with Crippen LogP contribution in [-0.2, 0) is 13.0 Å². The lowest BCUT2D eigenvalue weighted by atomic mass is 10.2. The van der Waals surface area contributed by atoms with E-state index in [1.807, 2.05) is 24.3 Å². The molecule has 1 heterocycles. The lowest BCUT2D eigenvalue weighted by molar-refractivity contribution is 0.310. The van der Waals surface area contributed by atoms with Crippen molar-refractivity contribution >= 4 is 28.5 Å². The SMILES string of the molecule is CCc1ccc(COc2cccc(C(N)=S)c2)s1. The highest BCUT2D eigenvalue weighted by Gasteiger charge is 2.02. The standard InChI is InChI=1S/C14H15NOS2/c1-2-12-6-7-13(18-12)9-16-11-5-3-4-10(8-11)14(15)17/h3-8H,2,9H2,1H3,(H2,15,17). The number of hydrogen-bond donors (Lipinski definition) is 1. The van der Waals surface area contributed by atoms with Gasteiger partial charge in [-0.1, -0.05) is 31.3 Å². The molecular weight excluding hydrogens is 262 g/mol. The highest BCUT2D eigenvalue weighted by molar-refractivity contribution is 7.80. The molecule has 1 aromatic heterocycles. The second-order valence-electron chi connectivity index (χ2n) is 3.90. The van der Waals surface area contributed by atoms with Gasteiger partial charge in [-0.3, -0.25) is 0 Å². The van der Waals surface area contributed by atoms with Gasteiger partial charge in [0.2, 0.25) is 0 Å². The molecule has 2 aromatic rings. The Morgan fingerprint density at radius 1 is 1.28 bits per heavy atom. The van der Waals surface area contributed by atoms with Gasteiger partial charge in [-0.05, 0) is 30.7 Å². The Bertz CT molecular complexity index is 548. The first-order chi connectivity index (χ1) is 8.69. The summed E-state index contributed by atoms with van der Waals surface area (Å²) < 4.78 is 5.74. The maximum atomic E-state index is 5.74. The van der Waals surface area contributed by atoms with Crippen LogP contribution in [0.3, 0.4) is 0 Å². The molecule has 0 atom stereocenters. The highest BCUT2D eigenvalue weighted by Crippen LogP contribution is 2.20. The fourth-order valence-corrected chi connectivity index (χ4v) is 2.58. The van der Waals surface area contributed by atoms with Crippen LogP contribution < -0.4 is 10.5 Å². The molecule has 0 amide bonds. The minimum Gasteiger partial charge on any atom is -0.488 e. The molecule has 0 spiro atoms. The third-order valence-corrected chi connectivity index (χ3v) is 4.00. The van der Waals surface area contributed by atoms with Crippen LogP contribution in [0.4, 0.5) is 0 Å². The predicted octanol–water partition coefficient (Wildman–Crippen LogP) is 3.52. The smallest absolute Gasteiger partial charge is 0.122 e. The molecule has 0 radical (unpaired) electrons. The summed E-state index contributed by atoms with van der Waals surface area (Å²) in [5, 5.41) is 0. The fraction of sp³-hybridized carbons (Fsp3) is 0.214. The van der Waals surface area contributed by atoms with E-state index in [1.165, 1.54) is 9.75 Å². The van der Waals surface area contributed by atoms with Crippen molar-refractivity contribution in [2.24, 2.45) is 5.73 Å². The normalized spacial score (nSPS) is 10.3. The molecule has 4 heteroatoms. The number of nitrogens with two attached hydrogens (primary N) is 1. The van der Waals surface area contributed by atoms with E-state index in [2.05, 4.69) is 19.1 Å². The van der Waals surface area contributed by atoms with Crippen molar-refractivity contribution in [3.8, 4) is 5.75 Å². The Kier molecular flexibility index (Phi) is 4.33. The first kappa shape index (κ1) is 13.1. The zero-order valence-corrected chi connectivity index (χ0v) is 11.8. The van der Waals surface area contributed by atoms with E-state index in [0.717, 1.165) is 17.7 Å². The van der Waals surface area contributed by atoms with Gasteiger partial charge >= 0.3 is 0 Å². The summed E-state index contributed by atoms with van der Waals surface area (Å²) in [5.41, 5.74) is 6.43. The Morgan fingerprint density at radius 2 is 2.06 bits per heavy atom. The summed E-state index contributed by atoms with van der Waals surface area (Å²) in [7, 11) is 0. The zero-order valence-electron chi connectivity index (χ0n) is 10.2. The molecule has 0 saturated heterocycles. The number of hydrogen-bond acceptors (Lipinski definition) is 3. The average molecular weight is 277 g/mol. The first-order valence-corrected chi connectivity index (χ1v) is 7.01. The molecule has 2 N–H and O–H groups in total. The molecule has 0 aliphatic carbocycles. The minimum atomic E-state index is 0.393. The summed E-state index contributed by atoms with van der Waals surface area (Å²) in [6.07, 6.45) is 1.07. The Labute approximate surface area is 116 Å². The summed E-state index contributed by atoms with van der Waals surface area (Å²) in [4.78, 5) is 3.00. The fourth-order valence-electron chi connectivity index (χ4n) is 1.58. The third kappa shape index (κ3) is 3.31. The van der Waals surface area contributed by atoms with Crippen molar-refractivity contribution in [1.29, 1.82) is 0 Å². The van der Waals surface area contributed by atoms with Gasteiger partial charge in [0.1, 0.15) is 17.3 Å². The van der Waals surface area contributed by atoms with Crippen LogP contribution in [0.2, 0.25) is 0 Å². The van der Waals surface area contributed by atoms with Crippen LogP contribution in [0, 0.1) is 0 Å². The van der Waals surface area contributed by atoms with Crippen molar-refractivity contribution in [3.63, 3.8) is 0 Å². The van der Waals surface area contributed by atoms with Gasteiger partial charge < -0.3 is 10.5 Å². The molecule has 0 aliphatic rings. The predicted molar refractivity (Wildman–Crippen MR) is 80.4 cm³/mol. The third-order valence-electron chi connectivity index (χ3n) is 2.57. The van der Waals surface area contributed by atoms with E-state index in [9.17, 15) is 0 Å². The highest BCUT2D eigenvalue weighted by atomic mass is 32.1. The second kappa shape index (κ2) is 5.98. The Hall–Kier alpha value is -1.39. The number of ether oxygens (including phenoxy) is 1. The largest absolute Gasteiger partial charge is 0.488 e. The Morgan fingerprint density at radius 3 is 2.72 bits per heavy atom. The molecule has 2 nitrogen and oxygen atoms in total. The lowest BCUT2D eigenvalue weighted by Gasteiger charge is -2.06. The first-order valence-electron chi connectivity index (χ1n) is 5.79. The topological polar surface area (TPSA) is 35.2 Å². The summed E-state index contributed by atoms with van der Waals surface area (Å²) in [6.45, 7) is 2.74. The quantitative estimate of drug-likeness (QED) is 0.849. The van der Waals surface area contributed by atoms with Gasteiger partial charge in [-0.15, -0.1) is 11.3 Å². The molecule has 0 aliphatic heterocycles. The van der Waals surface area contributed by atoms with Crippen molar-refractivity contribution in [2.75, 3.05) is 0 Å². The molecular formula is C14H15NOS2. The van der Waals surface area contributed by atoms with Gasteiger partial charge in [0, 0.05) is 15.3 Å². The zero-order chi connectivity index (χ0) is 13.0.